The zero-order chi connectivity index (χ0) is 23.6. The van der Waals surface area contributed by atoms with E-state index < -0.39 is 17.6 Å². The number of rotatable bonds is 4. The molecule has 0 aliphatic carbocycles. The summed E-state index contributed by atoms with van der Waals surface area (Å²) in [5, 5.41) is 7.49. The van der Waals surface area contributed by atoms with Gasteiger partial charge in [-0.2, -0.15) is 13.2 Å². The maximum absolute atomic E-state index is 13.3. The highest BCUT2D eigenvalue weighted by Gasteiger charge is 2.34. The van der Waals surface area contributed by atoms with Crippen LogP contribution in [0.1, 0.15) is 26.4 Å². The van der Waals surface area contributed by atoms with Gasteiger partial charge in [0.1, 0.15) is 5.75 Å². The summed E-state index contributed by atoms with van der Waals surface area (Å²) in [6.07, 6.45) is -3.39. The molecule has 2 amide bonds. The summed E-state index contributed by atoms with van der Waals surface area (Å²) in [5.74, 6) is 0.0367. The highest BCUT2D eigenvalue weighted by Crippen LogP contribution is 2.33. The van der Waals surface area contributed by atoms with Gasteiger partial charge in [-0.15, -0.1) is 5.10 Å². The second kappa shape index (κ2) is 8.93. The first-order valence-electron chi connectivity index (χ1n) is 10.1. The lowest BCUT2D eigenvalue weighted by Crippen LogP contribution is -2.50. The first kappa shape index (κ1) is 22.3. The number of benzene rings is 2. The van der Waals surface area contributed by atoms with Gasteiger partial charge in [0.15, 0.2) is 5.69 Å². The molecule has 11 heteroatoms. The minimum atomic E-state index is -4.57. The number of hydrogen-bond donors (Lipinski definition) is 0. The largest absolute Gasteiger partial charge is 0.497 e. The minimum Gasteiger partial charge on any atom is -0.497 e. The third kappa shape index (κ3) is 4.66. The van der Waals surface area contributed by atoms with E-state index in [0.29, 0.717) is 24.4 Å². The van der Waals surface area contributed by atoms with Gasteiger partial charge in [-0.25, -0.2) is 4.68 Å². The van der Waals surface area contributed by atoms with Crippen LogP contribution < -0.4 is 4.74 Å². The maximum Gasteiger partial charge on any atom is 0.418 e. The Hall–Kier alpha value is -3.89. The van der Waals surface area contributed by atoms with Crippen molar-refractivity contribution in [1.29, 1.82) is 0 Å². The van der Waals surface area contributed by atoms with Gasteiger partial charge in [0.25, 0.3) is 11.8 Å². The molecular weight excluding hydrogens is 439 g/mol. The van der Waals surface area contributed by atoms with Crippen molar-refractivity contribution in [1.82, 2.24) is 24.8 Å². The van der Waals surface area contributed by atoms with Crippen LogP contribution in [0.4, 0.5) is 13.2 Å². The van der Waals surface area contributed by atoms with Crippen LogP contribution in [0.5, 0.6) is 5.75 Å². The van der Waals surface area contributed by atoms with Crippen LogP contribution in [0, 0.1) is 0 Å². The highest BCUT2D eigenvalue weighted by atomic mass is 19.4. The third-order valence-corrected chi connectivity index (χ3v) is 5.36. The molecule has 33 heavy (non-hydrogen) atoms. The SMILES string of the molecule is COc1ccc(C(=O)N2CCN(C(=O)c3cn(-c4ccccc4C(F)(F)F)nn3)CC2)cc1. The first-order chi connectivity index (χ1) is 15.8. The Kier molecular flexibility index (Phi) is 6.03. The summed E-state index contributed by atoms with van der Waals surface area (Å²) < 4.78 is 45.9. The molecule has 0 unspecified atom stereocenters. The molecule has 0 radical (unpaired) electrons. The zero-order valence-corrected chi connectivity index (χ0v) is 17.6. The summed E-state index contributed by atoms with van der Waals surface area (Å²) in [5.41, 5.74) is -0.644. The number of halogens is 3. The molecule has 0 saturated carbocycles. The van der Waals surface area contributed by atoms with Crippen molar-refractivity contribution in [2.75, 3.05) is 33.3 Å². The van der Waals surface area contributed by atoms with Gasteiger partial charge in [0.2, 0.25) is 0 Å². The Bertz CT molecular complexity index is 1150. The van der Waals surface area contributed by atoms with Gasteiger partial charge in [-0.05, 0) is 36.4 Å². The average Bonchev–Trinajstić information content (AvgIpc) is 3.33. The number of alkyl halides is 3. The van der Waals surface area contributed by atoms with E-state index in [0.717, 1.165) is 10.7 Å². The molecule has 4 rings (SSSR count). The maximum atomic E-state index is 13.3. The van der Waals surface area contributed by atoms with E-state index in [2.05, 4.69) is 10.3 Å². The topological polar surface area (TPSA) is 80.6 Å². The third-order valence-electron chi connectivity index (χ3n) is 5.36. The lowest BCUT2D eigenvalue weighted by atomic mass is 10.1. The van der Waals surface area contributed by atoms with Crippen LogP contribution in [-0.4, -0.2) is 69.9 Å². The Morgan fingerprint density at radius 3 is 2.12 bits per heavy atom. The van der Waals surface area contributed by atoms with Crippen LogP contribution in [0.3, 0.4) is 0 Å². The molecule has 1 fully saturated rings. The van der Waals surface area contributed by atoms with E-state index in [-0.39, 0.29) is 30.4 Å². The molecule has 0 atom stereocenters. The number of aromatic nitrogens is 3. The summed E-state index contributed by atoms with van der Waals surface area (Å²) >= 11 is 0. The number of amides is 2. The highest BCUT2D eigenvalue weighted by molar-refractivity contribution is 5.95. The molecule has 0 N–H and O–H groups in total. The summed E-state index contributed by atoms with van der Waals surface area (Å²) in [6.45, 7) is 1.18. The van der Waals surface area contributed by atoms with E-state index >= 15 is 0 Å². The van der Waals surface area contributed by atoms with Gasteiger partial charge in [0.05, 0.1) is 24.6 Å². The van der Waals surface area contributed by atoms with Gasteiger partial charge in [0, 0.05) is 31.7 Å². The quantitative estimate of drug-likeness (QED) is 0.600. The number of hydrogen-bond acceptors (Lipinski definition) is 5. The van der Waals surface area contributed by atoms with Crippen molar-refractivity contribution < 1.29 is 27.5 Å². The van der Waals surface area contributed by atoms with Crippen molar-refractivity contribution >= 4 is 11.8 Å². The van der Waals surface area contributed by atoms with E-state index in [1.165, 1.54) is 29.3 Å². The molecule has 172 valence electrons. The van der Waals surface area contributed by atoms with Gasteiger partial charge >= 0.3 is 6.18 Å². The molecule has 8 nitrogen and oxygen atoms in total. The Balaban J connectivity index is 1.42. The fourth-order valence-corrected chi connectivity index (χ4v) is 3.58. The molecule has 2 aromatic carbocycles. The van der Waals surface area contributed by atoms with Crippen molar-refractivity contribution in [2.24, 2.45) is 0 Å². The Morgan fingerprint density at radius 1 is 0.909 bits per heavy atom. The van der Waals surface area contributed by atoms with Crippen molar-refractivity contribution in [2.45, 2.75) is 6.18 Å². The number of piperazine rings is 1. The number of ether oxygens (including phenoxy) is 1. The average molecular weight is 459 g/mol. The van der Waals surface area contributed by atoms with E-state index in [1.54, 1.807) is 36.3 Å². The van der Waals surface area contributed by atoms with Gasteiger partial charge < -0.3 is 14.5 Å². The van der Waals surface area contributed by atoms with E-state index in [4.69, 9.17) is 4.74 Å². The molecular formula is C22H20F3N5O3. The van der Waals surface area contributed by atoms with Crippen LogP contribution in [0.15, 0.2) is 54.7 Å². The van der Waals surface area contributed by atoms with Crippen LogP contribution in [0.2, 0.25) is 0 Å². The number of nitrogens with zero attached hydrogens (tertiary/aromatic N) is 5. The predicted molar refractivity (Wildman–Crippen MR) is 111 cm³/mol. The molecule has 1 aromatic heterocycles. The normalized spacial score (nSPS) is 14.3. The zero-order valence-electron chi connectivity index (χ0n) is 17.6. The number of carbonyl (C=O) groups is 2. The standard InChI is InChI=1S/C22H20F3N5O3/c1-33-16-8-6-15(7-9-16)20(31)28-10-12-29(13-11-28)21(32)18-14-30(27-26-18)19-5-3-2-4-17(19)22(23,24)25/h2-9,14H,10-13H2,1H3. The number of methoxy groups -OCH3 is 1. The van der Waals surface area contributed by atoms with Gasteiger partial charge in [-0.1, -0.05) is 17.3 Å². The van der Waals surface area contributed by atoms with Crippen LogP contribution >= 0.6 is 0 Å². The lowest BCUT2D eigenvalue weighted by Gasteiger charge is -2.34. The fraction of sp³-hybridized carbons (Fsp3) is 0.273. The molecule has 1 aliphatic rings. The molecule has 1 saturated heterocycles. The summed E-state index contributed by atoms with van der Waals surface area (Å²) in [4.78, 5) is 28.6. The Morgan fingerprint density at radius 2 is 1.52 bits per heavy atom. The predicted octanol–water partition coefficient (Wildman–Crippen LogP) is 2.89. The van der Waals surface area contributed by atoms with E-state index in [9.17, 15) is 22.8 Å². The molecule has 1 aliphatic heterocycles. The molecule has 2 heterocycles. The van der Waals surface area contributed by atoms with Crippen molar-refractivity contribution in [3.63, 3.8) is 0 Å². The second-order valence-corrected chi connectivity index (χ2v) is 7.38. The van der Waals surface area contributed by atoms with Crippen LogP contribution in [-0.2, 0) is 6.18 Å². The number of para-hydroxylation sites is 1. The van der Waals surface area contributed by atoms with Crippen molar-refractivity contribution in [3.05, 3.63) is 71.5 Å². The lowest BCUT2D eigenvalue weighted by molar-refractivity contribution is -0.137. The molecule has 3 aromatic rings. The smallest absolute Gasteiger partial charge is 0.418 e. The molecule has 0 spiro atoms. The second-order valence-electron chi connectivity index (χ2n) is 7.38. The van der Waals surface area contributed by atoms with Crippen LogP contribution in [0.25, 0.3) is 5.69 Å². The monoisotopic (exact) mass is 459 g/mol. The minimum absolute atomic E-state index is 0.0677. The van der Waals surface area contributed by atoms with E-state index in [1.807, 2.05) is 0 Å². The fourth-order valence-electron chi connectivity index (χ4n) is 3.58. The van der Waals surface area contributed by atoms with Gasteiger partial charge in [-0.3, -0.25) is 9.59 Å². The first-order valence-corrected chi connectivity index (χ1v) is 10.1. The molecule has 0 bridgehead atoms. The van der Waals surface area contributed by atoms with Crippen molar-refractivity contribution in [3.8, 4) is 11.4 Å². The number of carbonyl (C=O) groups excluding carboxylic acids is 2. The summed E-state index contributed by atoms with van der Waals surface area (Å²) in [7, 11) is 1.54. The Labute approximate surface area is 187 Å². The summed E-state index contributed by atoms with van der Waals surface area (Å²) in [6, 6.07) is 11.7.